The van der Waals surface area contributed by atoms with Gasteiger partial charge >= 0.3 is 0 Å². The Bertz CT molecular complexity index is 1120. The molecule has 1 aliphatic heterocycles. The van der Waals surface area contributed by atoms with E-state index in [4.69, 9.17) is 11.6 Å². The molecule has 0 bridgehead atoms. The molecule has 0 spiro atoms. The van der Waals surface area contributed by atoms with Gasteiger partial charge in [-0.05, 0) is 30.2 Å². The van der Waals surface area contributed by atoms with Crippen molar-refractivity contribution in [1.29, 1.82) is 0 Å². The van der Waals surface area contributed by atoms with Crippen LogP contribution in [0, 0.1) is 0 Å². The number of hydrogen-bond donors (Lipinski definition) is 0. The molecule has 0 aliphatic carbocycles. The highest BCUT2D eigenvalue weighted by atomic mass is 35.5. The van der Waals surface area contributed by atoms with E-state index in [9.17, 15) is 9.59 Å². The average molecular weight is 425 g/mol. The van der Waals surface area contributed by atoms with E-state index in [0.29, 0.717) is 43.6 Å². The third-order valence-corrected chi connectivity index (χ3v) is 5.88. The normalized spacial score (nSPS) is 14.3. The van der Waals surface area contributed by atoms with Gasteiger partial charge in [0.1, 0.15) is 0 Å². The molecule has 3 aromatic rings. The molecule has 1 fully saturated rings. The number of aryl methyl sites for hydroxylation is 1. The number of anilines is 1. The van der Waals surface area contributed by atoms with Crippen LogP contribution in [0.2, 0.25) is 5.02 Å². The fourth-order valence-corrected chi connectivity index (χ4v) is 4.12. The minimum atomic E-state index is -0.0635. The second-order valence-corrected chi connectivity index (χ2v) is 7.92. The highest BCUT2D eigenvalue weighted by Crippen LogP contribution is 2.19. The molecule has 1 amide bonds. The summed E-state index contributed by atoms with van der Waals surface area (Å²) in [7, 11) is 0. The molecule has 0 N–H and O–H groups in total. The van der Waals surface area contributed by atoms with E-state index < -0.39 is 0 Å². The van der Waals surface area contributed by atoms with Gasteiger partial charge in [0.05, 0.1) is 17.5 Å². The number of para-hydroxylation sites is 2. The van der Waals surface area contributed by atoms with Crippen LogP contribution in [0.1, 0.15) is 18.9 Å². The van der Waals surface area contributed by atoms with Gasteiger partial charge in [-0.2, -0.15) is 0 Å². The van der Waals surface area contributed by atoms with Crippen LogP contribution >= 0.6 is 11.6 Å². The van der Waals surface area contributed by atoms with E-state index >= 15 is 0 Å². The number of nitrogens with zero attached hydrogens (tertiary/aromatic N) is 4. The maximum atomic E-state index is 13.1. The molecule has 0 radical (unpaired) electrons. The molecule has 156 valence electrons. The standard InChI is InChI=1S/C23H25ClN4O2/c1-2-11-28-20-10-6-5-9-19(20)25-22(23(28)30)27-14-12-26(13-15-27)21(29)16-17-7-3-4-8-18(17)24/h3-10H,2,11-16H2,1H3. The number of carbonyl (C=O) groups excluding carboxylic acids is 1. The fraction of sp³-hybridized carbons (Fsp3) is 0.348. The Morgan fingerprint density at radius 2 is 1.73 bits per heavy atom. The van der Waals surface area contributed by atoms with Gasteiger partial charge in [-0.25, -0.2) is 4.98 Å². The van der Waals surface area contributed by atoms with E-state index in [1.54, 1.807) is 6.07 Å². The average Bonchev–Trinajstić information content (AvgIpc) is 2.77. The number of rotatable bonds is 5. The minimum Gasteiger partial charge on any atom is -0.348 e. The van der Waals surface area contributed by atoms with Gasteiger partial charge in [0.25, 0.3) is 5.56 Å². The van der Waals surface area contributed by atoms with Crippen LogP contribution in [0.25, 0.3) is 11.0 Å². The first-order valence-corrected chi connectivity index (χ1v) is 10.7. The summed E-state index contributed by atoms with van der Waals surface area (Å²) in [6.07, 6.45) is 1.16. The topological polar surface area (TPSA) is 58.4 Å². The van der Waals surface area contributed by atoms with Crippen LogP contribution in [0.4, 0.5) is 5.82 Å². The van der Waals surface area contributed by atoms with E-state index in [1.807, 2.05) is 56.8 Å². The van der Waals surface area contributed by atoms with Crippen molar-refractivity contribution in [2.45, 2.75) is 26.3 Å². The number of halogens is 1. The third kappa shape index (κ3) is 4.05. The summed E-state index contributed by atoms with van der Waals surface area (Å²) in [5.74, 6) is 0.526. The molecule has 4 rings (SSSR count). The summed E-state index contributed by atoms with van der Waals surface area (Å²) < 4.78 is 1.81. The molecule has 2 heterocycles. The smallest absolute Gasteiger partial charge is 0.294 e. The van der Waals surface area contributed by atoms with E-state index in [0.717, 1.165) is 23.0 Å². The Balaban J connectivity index is 1.51. The van der Waals surface area contributed by atoms with Gasteiger partial charge in [0.2, 0.25) is 5.91 Å². The monoisotopic (exact) mass is 424 g/mol. The number of hydrogen-bond acceptors (Lipinski definition) is 4. The number of carbonyl (C=O) groups is 1. The van der Waals surface area contributed by atoms with Gasteiger partial charge < -0.3 is 14.4 Å². The van der Waals surface area contributed by atoms with Gasteiger partial charge in [0.15, 0.2) is 5.82 Å². The molecular weight excluding hydrogens is 400 g/mol. The lowest BCUT2D eigenvalue weighted by atomic mass is 10.1. The van der Waals surface area contributed by atoms with Crippen molar-refractivity contribution in [2.75, 3.05) is 31.1 Å². The van der Waals surface area contributed by atoms with E-state index in [2.05, 4.69) is 11.9 Å². The Morgan fingerprint density at radius 1 is 1.03 bits per heavy atom. The van der Waals surface area contributed by atoms with Crippen LogP contribution in [0.3, 0.4) is 0 Å². The molecule has 0 unspecified atom stereocenters. The van der Waals surface area contributed by atoms with Crippen LogP contribution in [-0.2, 0) is 17.8 Å². The highest BCUT2D eigenvalue weighted by molar-refractivity contribution is 6.31. The molecule has 1 aliphatic rings. The van der Waals surface area contributed by atoms with Crippen molar-refractivity contribution in [3.63, 3.8) is 0 Å². The Kier molecular flexibility index (Phi) is 6.04. The molecule has 7 heteroatoms. The summed E-state index contributed by atoms with van der Waals surface area (Å²) in [5.41, 5.74) is 2.45. The number of aromatic nitrogens is 2. The van der Waals surface area contributed by atoms with Crippen molar-refractivity contribution in [1.82, 2.24) is 14.5 Å². The van der Waals surface area contributed by atoms with Crippen LogP contribution < -0.4 is 10.5 Å². The maximum absolute atomic E-state index is 13.1. The lowest BCUT2D eigenvalue weighted by molar-refractivity contribution is -0.130. The first kappa shape index (κ1) is 20.4. The lowest BCUT2D eigenvalue weighted by Gasteiger charge is -2.35. The Hall–Kier alpha value is -2.86. The Morgan fingerprint density at radius 3 is 2.47 bits per heavy atom. The second kappa shape index (κ2) is 8.88. The van der Waals surface area contributed by atoms with E-state index in [1.165, 1.54) is 0 Å². The summed E-state index contributed by atoms with van der Waals surface area (Å²) in [6.45, 7) is 5.01. The van der Waals surface area contributed by atoms with Crippen molar-refractivity contribution < 1.29 is 4.79 Å². The molecule has 1 aromatic heterocycles. The number of fused-ring (bicyclic) bond motifs is 1. The predicted molar refractivity (Wildman–Crippen MR) is 120 cm³/mol. The zero-order chi connectivity index (χ0) is 21.1. The molecule has 1 saturated heterocycles. The van der Waals surface area contributed by atoms with Gasteiger partial charge in [0, 0.05) is 37.7 Å². The summed E-state index contributed by atoms with van der Waals surface area (Å²) in [4.78, 5) is 34.3. The summed E-state index contributed by atoms with van der Waals surface area (Å²) >= 11 is 6.19. The SMILES string of the molecule is CCCn1c(=O)c(N2CCN(C(=O)Cc3ccccc3Cl)CC2)nc2ccccc21. The van der Waals surface area contributed by atoms with Crippen LogP contribution in [-0.4, -0.2) is 46.5 Å². The minimum absolute atomic E-state index is 0.0533. The van der Waals surface area contributed by atoms with Crippen molar-refractivity contribution in [3.8, 4) is 0 Å². The Labute approximate surface area is 180 Å². The fourth-order valence-electron chi connectivity index (χ4n) is 3.91. The van der Waals surface area contributed by atoms with Crippen LogP contribution in [0.5, 0.6) is 0 Å². The number of benzene rings is 2. The van der Waals surface area contributed by atoms with Crippen LogP contribution in [0.15, 0.2) is 53.3 Å². The zero-order valence-corrected chi connectivity index (χ0v) is 17.8. The first-order chi connectivity index (χ1) is 14.6. The molecular formula is C23H25ClN4O2. The van der Waals surface area contributed by atoms with Crippen molar-refractivity contribution in [2.24, 2.45) is 0 Å². The number of piperazine rings is 1. The van der Waals surface area contributed by atoms with Gasteiger partial charge in [-0.1, -0.05) is 48.9 Å². The third-order valence-electron chi connectivity index (χ3n) is 5.51. The number of amides is 1. The first-order valence-electron chi connectivity index (χ1n) is 10.3. The zero-order valence-electron chi connectivity index (χ0n) is 17.1. The lowest BCUT2D eigenvalue weighted by Crippen LogP contribution is -2.51. The quantitative estimate of drug-likeness (QED) is 0.630. The van der Waals surface area contributed by atoms with Gasteiger partial charge in [-0.15, -0.1) is 0 Å². The molecule has 6 nitrogen and oxygen atoms in total. The predicted octanol–water partition coefficient (Wildman–Crippen LogP) is 3.35. The second-order valence-electron chi connectivity index (χ2n) is 7.52. The maximum Gasteiger partial charge on any atom is 0.294 e. The molecule has 30 heavy (non-hydrogen) atoms. The van der Waals surface area contributed by atoms with Crippen molar-refractivity contribution >= 4 is 34.4 Å². The molecule has 2 aromatic carbocycles. The largest absolute Gasteiger partial charge is 0.348 e. The summed E-state index contributed by atoms with van der Waals surface area (Å²) in [6, 6.07) is 15.2. The molecule has 0 atom stereocenters. The van der Waals surface area contributed by atoms with E-state index in [-0.39, 0.29) is 17.9 Å². The van der Waals surface area contributed by atoms with Gasteiger partial charge in [-0.3, -0.25) is 9.59 Å². The van der Waals surface area contributed by atoms with Crippen molar-refractivity contribution in [3.05, 3.63) is 69.5 Å². The highest BCUT2D eigenvalue weighted by Gasteiger charge is 2.25. The summed E-state index contributed by atoms with van der Waals surface area (Å²) in [5, 5.41) is 0.612. The molecule has 0 saturated carbocycles.